The van der Waals surface area contributed by atoms with Crippen molar-refractivity contribution in [2.45, 2.75) is 44.2 Å². The Morgan fingerprint density at radius 2 is 1.80 bits per heavy atom. The molecule has 0 saturated heterocycles. The number of ketones is 2. The summed E-state index contributed by atoms with van der Waals surface area (Å²) in [7, 11) is 4.18. The lowest BCUT2D eigenvalue weighted by Gasteiger charge is -2.39. The minimum absolute atomic E-state index is 0.0124. The van der Waals surface area contributed by atoms with E-state index in [1.54, 1.807) is 17.9 Å². The number of para-hydroxylation sites is 1. The predicted octanol–water partition coefficient (Wildman–Crippen LogP) is 6.05. The average molecular weight is 687 g/mol. The molecule has 1 spiro atoms. The summed E-state index contributed by atoms with van der Waals surface area (Å²) in [6, 6.07) is 13.9. The molecule has 3 heterocycles. The van der Waals surface area contributed by atoms with Gasteiger partial charge in [-0.15, -0.1) is 0 Å². The second-order valence-electron chi connectivity index (χ2n) is 12.6. The van der Waals surface area contributed by atoms with E-state index in [0.29, 0.717) is 25.1 Å². The van der Waals surface area contributed by atoms with Crippen molar-refractivity contribution in [2.75, 3.05) is 27.9 Å². The average Bonchev–Trinajstić information content (AvgIpc) is 3.63. The Hall–Kier alpha value is -5.16. The third-order valence-corrected chi connectivity index (χ3v) is 10.4. The smallest absolute Gasteiger partial charge is 0.231 e. The SMILES string of the molecule is COc1cc(C(CC(=O)N2CCc3c([nH]c4ccccc34)C2)C2=C(O)C3(Oc4c(Cl)c(OC)cc(OC)c4C3=O)C(C)CC2=O)ccc1O. The number of carbonyl (C=O) groups excluding carboxylic acids is 3. The fourth-order valence-corrected chi connectivity index (χ4v) is 7.81. The quantitative estimate of drug-likeness (QED) is 0.211. The van der Waals surface area contributed by atoms with Gasteiger partial charge >= 0.3 is 0 Å². The highest BCUT2D eigenvalue weighted by Gasteiger charge is 2.61. The van der Waals surface area contributed by atoms with Crippen LogP contribution in [0.4, 0.5) is 0 Å². The van der Waals surface area contributed by atoms with Crippen molar-refractivity contribution in [3.8, 4) is 28.7 Å². The van der Waals surface area contributed by atoms with Crippen LogP contribution >= 0.6 is 11.6 Å². The Labute approximate surface area is 287 Å². The molecule has 3 atom stereocenters. The predicted molar refractivity (Wildman–Crippen MR) is 180 cm³/mol. The Morgan fingerprint density at radius 3 is 2.53 bits per heavy atom. The highest BCUT2D eigenvalue weighted by molar-refractivity contribution is 6.35. The highest BCUT2D eigenvalue weighted by Crippen LogP contribution is 2.56. The Morgan fingerprint density at radius 1 is 1.06 bits per heavy atom. The number of ether oxygens (including phenoxy) is 4. The molecule has 49 heavy (non-hydrogen) atoms. The van der Waals surface area contributed by atoms with E-state index in [-0.39, 0.29) is 63.7 Å². The van der Waals surface area contributed by atoms with Crippen LogP contribution in [0.2, 0.25) is 5.02 Å². The molecule has 3 unspecified atom stereocenters. The molecule has 4 aromatic rings. The number of hydrogen-bond acceptors (Lipinski definition) is 9. The number of carbonyl (C=O) groups is 3. The number of rotatable bonds is 7. The Bertz CT molecular complexity index is 2090. The molecule has 0 radical (unpaired) electrons. The van der Waals surface area contributed by atoms with Crippen LogP contribution in [-0.2, 0) is 22.6 Å². The summed E-state index contributed by atoms with van der Waals surface area (Å²) in [6.45, 7) is 2.43. The van der Waals surface area contributed by atoms with Gasteiger partial charge in [0.2, 0.25) is 17.3 Å². The number of aliphatic hydroxyl groups is 1. The van der Waals surface area contributed by atoms with Gasteiger partial charge in [0.05, 0.1) is 27.9 Å². The zero-order chi connectivity index (χ0) is 34.8. The van der Waals surface area contributed by atoms with Crippen molar-refractivity contribution in [2.24, 2.45) is 5.92 Å². The number of halogens is 1. The van der Waals surface area contributed by atoms with Gasteiger partial charge in [0.25, 0.3) is 0 Å². The number of aromatic nitrogens is 1. The van der Waals surface area contributed by atoms with Gasteiger partial charge in [-0.05, 0) is 35.7 Å². The topological polar surface area (TPSA) is 148 Å². The van der Waals surface area contributed by atoms with Crippen LogP contribution in [0, 0.1) is 5.92 Å². The number of aromatic hydroxyl groups is 1. The molecule has 2 aliphatic heterocycles. The van der Waals surface area contributed by atoms with E-state index in [1.807, 2.05) is 18.2 Å². The number of H-pyrrole nitrogens is 1. The third kappa shape index (κ3) is 4.89. The number of fused-ring (bicyclic) bond motifs is 4. The van der Waals surface area contributed by atoms with E-state index in [0.717, 1.165) is 16.6 Å². The standard InChI is InChI=1S/C37H35ClN2O9/c1-18-13-26(42)31(35(44)37(18)36(45)32-28(47-3)16-29(48-4)33(38)34(32)49-37)22(19-9-10-25(41)27(14-19)46-2)15-30(43)40-12-11-21-20-7-5-6-8-23(20)39-24(21)17-40/h5-10,14,16,18,22,39,41,44H,11-13,15,17H2,1-4H3. The summed E-state index contributed by atoms with van der Waals surface area (Å²) >= 11 is 6.62. The molecule has 1 aromatic heterocycles. The molecule has 1 aliphatic carbocycles. The van der Waals surface area contributed by atoms with Crippen LogP contribution < -0.4 is 18.9 Å². The number of phenolic OH excluding ortho intramolecular Hbond substituents is 1. The number of nitrogens with zero attached hydrogens (tertiary/aromatic N) is 1. The van der Waals surface area contributed by atoms with E-state index < -0.39 is 34.8 Å². The van der Waals surface area contributed by atoms with E-state index in [1.165, 1.54) is 45.1 Å². The van der Waals surface area contributed by atoms with E-state index in [2.05, 4.69) is 11.1 Å². The van der Waals surface area contributed by atoms with E-state index >= 15 is 0 Å². The van der Waals surface area contributed by atoms with E-state index in [9.17, 15) is 24.6 Å². The number of methoxy groups -OCH3 is 3. The summed E-state index contributed by atoms with van der Waals surface area (Å²) in [5.74, 6) is -3.51. The number of hydrogen-bond donors (Lipinski definition) is 3. The maximum absolute atomic E-state index is 14.4. The van der Waals surface area contributed by atoms with Crippen molar-refractivity contribution in [3.63, 3.8) is 0 Å². The fraction of sp³-hybridized carbons (Fsp3) is 0.324. The first kappa shape index (κ1) is 32.4. The molecule has 0 bridgehead atoms. The van der Waals surface area contributed by atoms with Gasteiger partial charge in [0.15, 0.2) is 28.8 Å². The van der Waals surface area contributed by atoms with Crippen molar-refractivity contribution in [3.05, 3.63) is 87.3 Å². The largest absolute Gasteiger partial charge is 0.507 e. The number of amides is 1. The number of aliphatic hydroxyl groups excluding tert-OH is 1. The molecule has 254 valence electrons. The Balaban J connectivity index is 1.33. The van der Waals surface area contributed by atoms with Crippen LogP contribution in [0.3, 0.4) is 0 Å². The third-order valence-electron chi connectivity index (χ3n) is 10.1. The lowest BCUT2D eigenvalue weighted by molar-refractivity contribution is -0.132. The van der Waals surface area contributed by atoms with Crippen molar-refractivity contribution < 1.29 is 43.5 Å². The first-order valence-electron chi connectivity index (χ1n) is 15.9. The molecule has 3 aliphatic rings. The molecule has 11 nitrogen and oxygen atoms in total. The van der Waals surface area contributed by atoms with Gasteiger partial charge in [-0.1, -0.05) is 42.8 Å². The zero-order valence-corrected chi connectivity index (χ0v) is 28.1. The van der Waals surface area contributed by atoms with Crippen LogP contribution in [0.15, 0.2) is 59.9 Å². The maximum Gasteiger partial charge on any atom is 0.231 e. The molecule has 7 rings (SSSR count). The lowest BCUT2D eigenvalue weighted by atomic mass is 9.69. The van der Waals surface area contributed by atoms with Gasteiger partial charge in [-0.25, -0.2) is 0 Å². The summed E-state index contributed by atoms with van der Waals surface area (Å²) < 4.78 is 22.6. The molecular weight excluding hydrogens is 652 g/mol. The monoisotopic (exact) mass is 686 g/mol. The van der Waals surface area contributed by atoms with Crippen molar-refractivity contribution >= 4 is 40.0 Å². The first-order valence-corrected chi connectivity index (χ1v) is 16.3. The lowest BCUT2D eigenvalue weighted by Crippen LogP contribution is -2.53. The van der Waals surface area contributed by atoms with Crippen molar-refractivity contribution in [1.29, 1.82) is 0 Å². The zero-order valence-electron chi connectivity index (χ0n) is 27.4. The minimum atomic E-state index is -2.03. The molecular formula is C37H35ClN2O9. The second-order valence-corrected chi connectivity index (χ2v) is 13.0. The maximum atomic E-state index is 14.4. The van der Waals surface area contributed by atoms with Crippen LogP contribution in [0.1, 0.15) is 52.9 Å². The van der Waals surface area contributed by atoms with Crippen LogP contribution in [0.25, 0.3) is 10.9 Å². The van der Waals surface area contributed by atoms with Gasteiger partial charge in [-0.3, -0.25) is 14.4 Å². The Kier molecular flexibility index (Phi) is 7.98. The number of allylic oxidation sites excluding steroid dienone is 1. The molecule has 3 N–H and O–H groups in total. The van der Waals surface area contributed by atoms with Gasteiger partial charge in [0, 0.05) is 59.5 Å². The number of phenols is 1. The number of nitrogens with one attached hydrogen (secondary N) is 1. The summed E-state index contributed by atoms with van der Waals surface area (Å²) in [6.07, 6.45) is 0.249. The van der Waals surface area contributed by atoms with E-state index in [4.69, 9.17) is 30.5 Å². The number of aromatic amines is 1. The van der Waals surface area contributed by atoms with Crippen LogP contribution in [-0.4, -0.2) is 71.0 Å². The highest BCUT2D eigenvalue weighted by atomic mass is 35.5. The fourth-order valence-electron chi connectivity index (χ4n) is 7.55. The summed E-state index contributed by atoms with van der Waals surface area (Å²) in [4.78, 5) is 47.7. The normalized spacial score (nSPS) is 20.7. The van der Waals surface area contributed by atoms with Gasteiger partial charge in [-0.2, -0.15) is 0 Å². The molecule has 12 heteroatoms. The number of Topliss-reactive ketones (excluding diaryl/α,β-unsaturated/α-hetero) is 2. The summed E-state index contributed by atoms with van der Waals surface area (Å²) in [5.41, 5.74) is 1.38. The second kappa shape index (κ2) is 12.1. The number of benzene rings is 3. The first-order chi connectivity index (χ1) is 23.5. The molecule has 3 aromatic carbocycles. The van der Waals surface area contributed by atoms with Gasteiger partial charge < -0.3 is 39.0 Å². The minimum Gasteiger partial charge on any atom is -0.507 e. The van der Waals surface area contributed by atoms with Gasteiger partial charge in [0.1, 0.15) is 22.1 Å². The van der Waals surface area contributed by atoms with Crippen LogP contribution in [0.5, 0.6) is 28.7 Å². The summed E-state index contributed by atoms with van der Waals surface area (Å²) in [5, 5.41) is 23.7. The molecule has 0 fully saturated rings. The van der Waals surface area contributed by atoms with Crippen molar-refractivity contribution in [1.82, 2.24) is 9.88 Å². The molecule has 1 amide bonds. The molecule has 0 saturated carbocycles.